The molecule has 3 N–H and O–H groups in total. The number of anilines is 3. The number of benzene rings is 2. The zero-order chi connectivity index (χ0) is 43.4. The lowest BCUT2D eigenvalue weighted by molar-refractivity contribution is -0.125. The van der Waals surface area contributed by atoms with Gasteiger partial charge < -0.3 is 44.3 Å². The molecule has 3 atom stereocenters. The first-order valence-electron chi connectivity index (χ1n) is 21.8. The van der Waals surface area contributed by atoms with Crippen LogP contribution >= 0.6 is 28.4 Å². The molecule has 1 aliphatic carbocycles. The summed E-state index contributed by atoms with van der Waals surface area (Å²) in [5.41, 5.74) is 3.53. The summed E-state index contributed by atoms with van der Waals surface area (Å²) in [6.07, 6.45) is 7.10. The minimum absolute atomic E-state index is 0.0117. The number of piperidine rings is 1. The van der Waals surface area contributed by atoms with E-state index < -0.39 is 11.9 Å². The highest BCUT2D eigenvalue weighted by Crippen LogP contribution is 2.41. The van der Waals surface area contributed by atoms with Gasteiger partial charge in [0.2, 0.25) is 5.91 Å². The molecule has 0 spiro atoms. The van der Waals surface area contributed by atoms with Gasteiger partial charge in [-0.25, -0.2) is 14.4 Å². The van der Waals surface area contributed by atoms with Crippen molar-refractivity contribution in [2.24, 2.45) is 5.92 Å². The third kappa shape index (κ3) is 10.2. The van der Waals surface area contributed by atoms with E-state index in [1.807, 2.05) is 24.3 Å². The van der Waals surface area contributed by atoms with Gasteiger partial charge in [-0.05, 0) is 97.3 Å². The van der Waals surface area contributed by atoms with E-state index in [1.54, 1.807) is 18.5 Å². The van der Waals surface area contributed by atoms with Gasteiger partial charge in [-0.3, -0.25) is 19.9 Å². The molecule has 8 rings (SSSR count). The van der Waals surface area contributed by atoms with Crippen molar-refractivity contribution in [2.45, 2.75) is 69.7 Å². The molecule has 1 saturated carbocycles. The van der Waals surface area contributed by atoms with Crippen LogP contribution in [0.3, 0.4) is 0 Å². The van der Waals surface area contributed by atoms with E-state index in [0.717, 1.165) is 114 Å². The second-order valence-corrected chi connectivity index (χ2v) is 19.4. The molecular weight excluding hydrogens is 925 g/mol. The minimum Gasteiger partial charge on any atom is -0.488 e. The molecule has 3 saturated heterocycles. The van der Waals surface area contributed by atoms with E-state index in [4.69, 9.17) is 9.47 Å². The van der Waals surface area contributed by atoms with Crippen LogP contribution in [0.2, 0.25) is 0 Å². The first kappa shape index (κ1) is 44.6. The third-order valence-corrected chi connectivity index (χ3v) is 14.2. The van der Waals surface area contributed by atoms with E-state index in [-0.39, 0.29) is 48.5 Å². The number of nitrogens with zero attached hydrogens (tertiary/aromatic N) is 7. The molecular formula is C44H57FIN10O5P. The molecule has 18 heteroatoms. The number of carbonyl (C=O) groups excluding carboxylic acids is 3. The highest BCUT2D eigenvalue weighted by molar-refractivity contribution is 14.2. The fourth-order valence-corrected chi connectivity index (χ4v) is 10.4. The lowest BCUT2D eigenvalue weighted by atomic mass is 9.95. The van der Waals surface area contributed by atoms with Gasteiger partial charge >= 0.3 is 0 Å². The molecule has 4 aliphatic heterocycles. The summed E-state index contributed by atoms with van der Waals surface area (Å²) in [5, 5.41) is 15.2. The van der Waals surface area contributed by atoms with Crippen molar-refractivity contribution in [1.29, 1.82) is 5.41 Å². The summed E-state index contributed by atoms with van der Waals surface area (Å²) in [5.74, 6) is 0.954. The van der Waals surface area contributed by atoms with Crippen LogP contribution in [0.25, 0.3) is 0 Å². The van der Waals surface area contributed by atoms with Gasteiger partial charge in [-0.2, -0.15) is 0 Å². The molecule has 2 amide bonds. The topological polar surface area (TPSA) is 160 Å². The summed E-state index contributed by atoms with van der Waals surface area (Å²) in [6, 6.07) is 10.4. The molecule has 332 valence electrons. The van der Waals surface area contributed by atoms with Gasteiger partial charge in [0.15, 0.2) is 5.82 Å². The van der Waals surface area contributed by atoms with Crippen molar-refractivity contribution in [3.63, 3.8) is 0 Å². The zero-order valence-electron chi connectivity index (χ0n) is 35.5. The SMILES string of the molecule is CNC(=O)C(CCC=O)N1Cc2c(ccc(N3CCC(CN4CCN(CC5CN(c6cc(C(=N)c7cc(OC8(C)CC8)ccc7NPI)ncn6)CCO5)CC4)CC3)c2F)C1=O. The third-order valence-electron chi connectivity index (χ3n) is 13.1. The largest absolute Gasteiger partial charge is 0.488 e. The van der Waals surface area contributed by atoms with E-state index in [0.29, 0.717) is 48.1 Å². The number of amides is 2. The quantitative estimate of drug-likeness (QED) is 0.0712. The summed E-state index contributed by atoms with van der Waals surface area (Å²) >= 11 is 2.30. The van der Waals surface area contributed by atoms with E-state index in [9.17, 15) is 19.8 Å². The fraction of sp³-hybridized carbons (Fsp3) is 0.545. The maximum Gasteiger partial charge on any atom is 0.255 e. The number of piperazine rings is 1. The maximum atomic E-state index is 16.1. The Morgan fingerprint density at radius 1 is 1.06 bits per heavy atom. The highest BCUT2D eigenvalue weighted by Gasteiger charge is 2.41. The predicted molar refractivity (Wildman–Crippen MR) is 248 cm³/mol. The molecule has 0 bridgehead atoms. The maximum absolute atomic E-state index is 16.1. The van der Waals surface area contributed by atoms with E-state index >= 15 is 4.39 Å². The number of aromatic nitrogens is 2. The van der Waals surface area contributed by atoms with Crippen LogP contribution in [0.4, 0.5) is 21.6 Å². The molecule has 5 heterocycles. The van der Waals surface area contributed by atoms with Gasteiger partial charge in [0.1, 0.15) is 35.8 Å². The Bertz CT molecular complexity index is 2130. The monoisotopic (exact) mass is 982 g/mol. The average molecular weight is 983 g/mol. The second-order valence-electron chi connectivity index (χ2n) is 17.3. The molecule has 2 aromatic carbocycles. The van der Waals surface area contributed by atoms with Crippen molar-refractivity contribution < 1.29 is 28.2 Å². The molecule has 3 aromatic rings. The van der Waals surface area contributed by atoms with Crippen LogP contribution in [0.1, 0.15) is 72.6 Å². The van der Waals surface area contributed by atoms with Crippen LogP contribution in [-0.4, -0.2) is 145 Å². The summed E-state index contributed by atoms with van der Waals surface area (Å²) in [6.45, 7) is 11.4. The van der Waals surface area contributed by atoms with Gasteiger partial charge in [0.05, 0.1) is 36.3 Å². The van der Waals surface area contributed by atoms with Crippen LogP contribution in [0.5, 0.6) is 5.75 Å². The Balaban J connectivity index is 0.800. The number of hydrogen-bond acceptors (Lipinski definition) is 13. The van der Waals surface area contributed by atoms with Crippen molar-refractivity contribution >= 4 is 69.4 Å². The number of hydrogen-bond donors (Lipinski definition) is 3. The lowest BCUT2D eigenvalue weighted by Crippen LogP contribution is -2.53. The zero-order valence-corrected chi connectivity index (χ0v) is 38.7. The van der Waals surface area contributed by atoms with Crippen molar-refractivity contribution in [3.05, 3.63) is 70.9 Å². The number of aldehydes is 1. The van der Waals surface area contributed by atoms with Crippen molar-refractivity contribution in [1.82, 2.24) is 30.0 Å². The van der Waals surface area contributed by atoms with Crippen LogP contribution in [0, 0.1) is 17.1 Å². The Morgan fingerprint density at radius 3 is 2.53 bits per heavy atom. The number of nitrogens with one attached hydrogen (secondary N) is 3. The number of morpholine rings is 1. The van der Waals surface area contributed by atoms with Crippen molar-refractivity contribution in [3.8, 4) is 5.75 Å². The Morgan fingerprint density at radius 2 is 1.82 bits per heavy atom. The number of rotatable bonds is 17. The number of ether oxygens (including phenoxy) is 2. The highest BCUT2D eigenvalue weighted by atomic mass is 127. The Labute approximate surface area is 377 Å². The number of fused-ring (bicyclic) bond motifs is 1. The molecule has 15 nitrogen and oxygen atoms in total. The summed E-state index contributed by atoms with van der Waals surface area (Å²) < 4.78 is 28.6. The summed E-state index contributed by atoms with van der Waals surface area (Å²) in [7, 11) is 1.49. The fourth-order valence-electron chi connectivity index (χ4n) is 9.19. The first-order valence-corrected chi connectivity index (χ1v) is 25.9. The van der Waals surface area contributed by atoms with E-state index in [2.05, 4.69) is 68.9 Å². The molecule has 4 fully saturated rings. The average Bonchev–Trinajstić information content (AvgIpc) is 3.93. The van der Waals surface area contributed by atoms with Gasteiger partial charge in [0.25, 0.3) is 5.91 Å². The van der Waals surface area contributed by atoms with Gasteiger partial charge in [-0.1, -0.05) is 0 Å². The van der Waals surface area contributed by atoms with Crippen LogP contribution < -0.4 is 24.9 Å². The first-order chi connectivity index (χ1) is 30.1. The molecule has 62 heavy (non-hydrogen) atoms. The summed E-state index contributed by atoms with van der Waals surface area (Å²) in [4.78, 5) is 56.8. The van der Waals surface area contributed by atoms with Gasteiger partial charge in [-0.15, -0.1) is 0 Å². The van der Waals surface area contributed by atoms with Gasteiger partial charge in [0, 0.05) is 114 Å². The lowest BCUT2D eigenvalue weighted by Gasteiger charge is -2.41. The molecule has 5 aliphatic rings. The Hall–Kier alpha value is -4.03. The standard InChI is InChI=1S/C44H57FIN10O5P/c1-44(11-12-44)61-30-5-7-35(51-62-46)33(22-30)41(47)36-23-39(50-28-49-36)55-19-21-60-31(26-55)25-53-17-15-52(16-18-53)24-29-9-13-54(14-10-29)37-8-6-32-34(40(37)45)27-56(43(32)59)38(4-3-20-57)42(58)48-2/h5-8,20,22-23,28-29,31,38,47,51,62H,3-4,9-19,21,24-27H2,1-2H3,(H,48,58). The van der Waals surface area contributed by atoms with E-state index in [1.165, 1.54) is 11.9 Å². The minimum atomic E-state index is -0.826. The normalized spacial score (nSPS) is 21.3. The predicted octanol–water partition coefficient (Wildman–Crippen LogP) is 5.11. The smallest absolute Gasteiger partial charge is 0.255 e. The second kappa shape index (κ2) is 19.8. The molecule has 3 unspecified atom stereocenters. The number of halogens is 2. The molecule has 1 aromatic heterocycles. The number of likely N-dealkylation sites (N-methyl/N-ethyl adjacent to an activating group) is 1. The van der Waals surface area contributed by atoms with Crippen molar-refractivity contribution in [2.75, 3.05) is 94.0 Å². The molecule has 0 radical (unpaired) electrons. The van der Waals surface area contributed by atoms with Crippen LogP contribution in [0.15, 0.2) is 42.7 Å². The number of carbonyl (C=O) groups is 3. The van der Waals surface area contributed by atoms with Crippen LogP contribution in [-0.2, 0) is 20.9 Å². The Kier molecular flexibility index (Phi) is 14.2.